The summed E-state index contributed by atoms with van der Waals surface area (Å²) in [7, 11) is 0. The number of thiazole rings is 1. The molecule has 0 saturated heterocycles. The van der Waals surface area contributed by atoms with Gasteiger partial charge in [-0.25, -0.2) is 4.98 Å². The van der Waals surface area contributed by atoms with Crippen molar-refractivity contribution in [1.82, 2.24) is 4.98 Å². The molecule has 104 valence electrons. The minimum absolute atomic E-state index is 0.0418. The van der Waals surface area contributed by atoms with Crippen molar-refractivity contribution in [3.8, 4) is 0 Å². The van der Waals surface area contributed by atoms with E-state index < -0.39 is 0 Å². The Labute approximate surface area is 122 Å². The Balaban J connectivity index is 2.06. The van der Waals surface area contributed by atoms with Crippen LogP contribution in [0.1, 0.15) is 19.4 Å². The first-order valence-corrected chi connectivity index (χ1v) is 7.59. The third-order valence-electron chi connectivity index (χ3n) is 3.52. The average molecular weight is 287 g/mol. The Morgan fingerprint density at radius 3 is 2.90 bits per heavy atom. The first kappa shape index (κ1) is 13.1. The molecule has 1 aromatic carbocycles. The Bertz CT molecular complexity index is 609. The van der Waals surface area contributed by atoms with Crippen molar-refractivity contribution >= 4 is 28.1 Å². The van der Waals surface area contributed by atoms with Crippen LogP contribution in [-0.2, 0) is 11.3 Å². The van der Waals surface area contributed by atoms with Crippen LogP contribution >= 0.6 is 11.3 Å². The lowest BCUT2D eigenvalue weighted by molar-refractivity contribution is -0.118. The molecule has 0 radical (unpaired) electrons. The first-order chi connectivity index (χ1) is 9.66. The molecule has 20 heavy (non-hydrogen) atoms. The molecule has 1 aromatic heterocycles. The van der Waals surface area contributed by atoms with E-state index in [1.807, 2.05) is 23.6 Å². The second kappa shape index (κ2) is 5.25. The molecule has 5 heteroatoms. The fraction of sp³-hybridized carbons (Fsp3) is 0.333. The SMILES string of the molecule is CC(C)[C@H]1C(=O)Nc2ccccc2CN1c1nccs1. The van der Waals surface area contributed by atoms with E-state index in [4.69, 9.17) is 0 Å². The highest BCUT2D eigenvalue weighted by Crippen LogP contribution is 2.31. The van der Waals surface area contributed by atoms with E-state index in [2.05, 4.69) is 35.1 Å². The summed E-state index contributed by atoms with van der Waals surface area (Å²) in [5.74, 6) is 0.258. The predicted octanol–water partition coefficient (Wildman–Crippen LogP) is 3.13. The van der Waals surface area contributed by atoms with E-state index in [1.54, 1.807) is 17.5 Å². The second-order valence-corrected chi connectivity index (χ2v) is 6.15. The smallest absolute Gasteiger partial charge is 0.247 e. The Kier molecular flexibility index (Phi) is 3.44. The van der Waals surface area contributed by atoms with Crippen molar-refractivity contribution < 1.29 is 4.79 Å². The molecule has 1 amide bonds. The minimum Gasteiger partial charge on any atom is -0.331 e. The summed E-state index contributed by atoms with van der Waals surface area (Å²) in [5, 5.41) is 5.89. The van der Waals surface area contributed by atoms with Gasteiger partial charge >= 0.3 is 0 Å². The second-order valence-electron chi connectivity index (χ2n) is 5.28. The number of carbonyl (C=O) groups excluding carboxylic acids is 1. The maximum Gasteiger partial charge on any atom is 0.247 e. The third-order valence-corrected chi connectivity index (χ3v) is 4.33. The monoisotopic (exact) mass is 287 g/mol. The highest BCUT2D eigenvalue weighted by Gasteiger charge is 2.33. The highest BCUT2D eigenvalue weighted by molar-refractivity contribution is 7.13. The van der Waals surface area contributed by atoms with Crippen molar-refractivity contribution in [3.63, 3.8) is 0 Å². The van der Waals surface area contributed by atoms with E-state index in [0.29, 0.717) is 6.54 Å². The normalized spacial score (nSPS) is 18.6. The zero-order chi connectivity index (χ0) is 14.1. The molecule has 1 atom stereocenters. The quantitative estimate of drug-likeness (QED) is 0.923. The van der Waals surface area contributed by atoms with Gasteiger partial charge in [0.1, 0.15) is 6.04 Å². The van der Waals surface area contributed by atoms with Gasteiger partial charge in [0.15, 0.2) is 5.13 Å². The molecule has 2 heterocycles. The molecule has 1 aliphatic heterocycles. The summed E-state index contributed by atoms with van der Waals surface area (Å²) in [6.45, 7) is 4.84. The molecular formula is C15H17N3OS. The van der Waals surface area contributed by atoms with Gasteiger partial charge in [-0.15, -0.1) is 11.3 Å². The van der Waals surface area contributed by atoms with Crippen molar-refractivity contribution in [2.45, 2.75) is 26.4 Å². The van der Waals surface area contributed by atoms with Crippen LogP contribution in [0.5, 0.6) is 0 Å². The standard InChI is InChI=1S/C15H17N3OS/c1-10(2)13-14(19)17-12-6-4-3-5-11(12)9-18(13)15-16-7-8-20-15/h3-8,10,13H,9H2,1-2H3,(H,17,19)/t13-/m0/s1. The van der Waals surface area contributed by atoms with E-state index in [-0.39, 0.29) is 17.9 Å². The van der Waals surface area contributed by atoms with Crippen LogP contribution in [0.2, 0.25) is 0 Å². The summed E-state index contributed by atoms with van der Waals surface area (Å²) in [4.78, 5) is 19.0. The molecule has 0 bridgehead atoms. The van der Waals surface area contributed by atoms with Crippen molar-refractivity contribution in [3.05, 3.63) is 41.4 Å². The topological polar surface area (TPSA) is 45.2 Å². The Morgan fingerprint density at radius 1 is 1.40 bits per heavy atom. The van der Waals surface area contributed by atoms with Crippen LogP contribution in [0.3, 0.4) is 0 Å². The number of para-hydroxylation sites is 1. The summed E-state index contributed by atoms with van der Waals surface area (Å²) < 4.78 is 0. The van der Waals surface area contributed by atoms with Gasteiger partial charge in [0.2, 0.25) is 5.91 Å². The van der Waals surface area contributed by atoms with Gasteiger partial charge in [-0.05, 0) is 17.5 Å². The zero-order valence-corrected chi connectivity index (χ0v) is 12.4. The number of aromatic nitrogens is 1. The lowest BCUT2D eigenvalue weighted by atomic mass is 10.0. The van der Waals surface area contributed by atoms with Gasteiger partial charge in [-0.3, -0.25) is 4.79 Å². The van der Waals surface area contributed by atoms with Crippen LogP contribution in [0.4, 0.5) is 10.8 Å². The van der Waals surface area contributed by atoms with Gasteiger partial charge in [-0.1, -0.05) is 32.0 Å². The Morgan fingerprint density at radius 2 is 2.20 bits per heavy atom. The first-order valence-electron chi connectivity index (χ1n) is 6.71. The summed E-state index contributed by atoms with van der Waals surface area (Å²) in [6.07, 6.45) is 1.78. The van der Waals surface area contributed by atoms with Crippen molar-refractivity contribution in [2.75, 3.05) is 10.2 Å². The van der Waals surface area contributed by atoms with Crippen LogP contribution in [-0.4, -0.2) is 16.9 Å². The van der Waals surface area contributed by atoms with E-state index in [1.165, 1.54) is 0 Å². The zero-order valence-electron chi connectivity index (χ0n) is 11.5. The van der Waals surface area contributed by atoms with Gasteiger partial charge < -0.3 is 10.2 Å². The molecule has 0 aliphatic carbocycles. The van der Waals surface area contributed by atoms with Crippen LogP contribution in [0.25, 0.3) is 0 Å². The van der Waals surface area contributed by atoms with E-state index in [0.717, 1.165) is 16.4 Å². The number of nitrogens with zero attached hydrogens (tertiary/aromatic N) is 2. The average Bonchev–Trinajstić information content (AvgIpc) is 2.88. The number of amides is 1. The van der Waals surface area contributed by atoms with Crippen molar-refractivity contribution in [2.24, 2.45) is 5.92 Å². The lowest BCUT2D eigenvalue weighted by Gasteiger charge is -2.30. The molecule has 0 unspecified atom stereocenters. The number of anilines is 2. The molecule has 1 aliphatic rings. The van der Waals surface area contributed by atoms with Gasteiger partial charge in [-0.2, -0.15) is 0 Å². The number of hydrogen-bond acceptors (Lipinski definition) is 4. The largest absolute Gasteiger partial charge is 0.331 e. The number of nitrogens with one attached hydrogen (secondary N) is 1. The predicted molar refractivity (Wildman–Crippen MR) is 82.0 cm³/mol. The molecule has 1 N–H and O–H groups in total. The number of fused-ring (bicyclic) bond motifs is 1. The van der Waals surface area contributed by atoms with Crippen LogP contribution < -0.4 is 10.2 Å². The molecule has 0 saturated carbocycles. The van der Waals surface area contributed by atoms with E-state index in [9.17, 15) is 4.79 Å². The molecule has 2 aromatic rings. The van der Waals surface area contributed by atoms with E-state index >= 15 is 0 Å². The number of carbonyl (C=O) groups is 1. The minimum atomic E-state index is -0.200. The summed E-state index contributed by atoms with van der Waals surface area (Å²) >= 11 is 1.57. The molecule has 3 rings (SSSR count). The fourth-order valence-electron chi connectivity index (χ4n) is 2.62. The Hall–Kier alpha value is -1.88. The van der Waals surface area contributed by atoms with Crippen molar-refractivity contribution in [1.29, 1.82) is 0 Å². The number of benzene rings is 1. The highest BCUT2D eigenvalue weighted by atomic mass is 32.1. The summed E-state index contributed by atoms with van der Waals surface area (Å²) in [5.41, 5.74) is 2.03. The van der Waals surface area contributed by atoms with Crippen LogP contribution in [0.15, 0.2) is 35.8 Å². The number of rotatable bonds is 2. The number of hydrogen-bond donors (Lipinski definition) is 1. The molecule has 0 fully saturated rings. The molecule has 0 spiro atoms. The van der Waals surface area contributed by atoms with Gasteiger partial charge in [0, 0.05) is 23.8 Å². The lowest BCUT2D eigenvalue weighted by Crippen LogP contribution is -2.45. The molecular weight excluding hydrogens is 270 g/mol. The maximum absolute atomic E-state index is 12.5. The van der Waals surface area contributed by atoms with Gasteiger partial charge in [0.25, 0.3) is 0 Å². The molecule has 4 nitrogen and oxygen atoms in total. The summed E-state index contributed by atoms with van der Waals surface area (Å²) in [6, 6.07) is 7.76. The third kappa shape index (κ3) is 2.29. The van der Waals surface area contributed by atoms with Crippen LogP contribution in [0, 0.1) is 5.92 Å². The van der Waals surface area contributed by atoms with Gasteiger partial charge in [0.05, 0.1) is 0 Å². The fourth-order valence-corrected chi connectivity index (χ4v) is 3.30. The maximum atomic E-state index is 12.5.